The zero-order valence-electron chi connectivity index (χ0n) is 12.1. The molecule has 0 unspecified atom stereocenters. The molecule has 1 fully saturated rings. The van der Waals surface area contributed by atoms with Crippen molar-refractivity contribution in [1.82, 2.24) is 9.59 Å². The molecule has 4 rings (SSSR count). The van der Waals surface area contributed by atoms with Gasteiger partial charge in [0.15, 0.2) is 5.82 Å². The van der Waals surface area contributed by atoms with E-state index < -0.39 is 5.82 Å². The van der Waals surface area contributed by atoms with E-state index in [1.54, 1.807) is 24.1 Å². The second-order valence-electron chi connectivity index (χ2n) is 5.40. The van der Waals surface area contributed by atoms with Gasteiger partial charge in [-0.05, 0) is 60.6 Å². The van der Waals surface area contributed by atoms with Crippen LogP contribution < -0.4 is 10.0 Å². The third-order valence-electron chi connectivity index (χ3n) is 3.54. The first-order chi connectivity index (χ1) is 11.6. The van der Waals surface area contributed by atoms with Gasteiger partial charge in [0, 0.05) is 9.72 Å². The van der Waals surface area contributed by atoms with E-state index in [1.807, 2.05) is 12.1 Å². The Morgan fingerprint density at radius 2 is 2.12 bits per heavy atom. The maximum atomic E-state index is 14.9. The molecule has 0 aliphatic heterocycles. The molecule has 4 nitrogen and oxygen atoms in total. The van der Waals surface area contributed by atoms with Crippen LogP contribution in [0.4, 0.5) is 21.5 Å². The molecule has 24 heavy (non-hydrogen) atoms. The molecule has 0 radical (unpaired) electrons. The maximum Gasteiger partial charge on any atom is 0.177 e. The van der Waals surface area contributed by atoms with E-state index >= 15 is 0 Å². The van der Waals surface area contributed by atoms with Crippen LogP contribution in [0.2, 0.25) is 5.02 Å². The van der Waals surface area contributed by atoms with Gasteiger partial charge in [0.25, 0.3) is 0 Å². The lowest BCUT2D eigenvalue weighted by Gasteiger charge is -2.15. The average molecular weight is 446 g/mol. The molecule has 0 amide bonds. The standard InChI is InChI=1S/C15H11BrClFN4S2/c16-7-1-4-10(9(17)5-7)19-14-11(21-23-8-2-3-8)6-12-15(13(14)18)20-22-24-12/h1,4-6,8,19,21H,2-3H2. The topological polar surface area (TPSA) is 49.8 Å². The summed E-state index contributed by atoms with van der Waals surface area (Å²) in [6.07, 6.45) is 2.37. The molecule has 0 bridgehead atoms. The van der Waals surface area contributed by atoms with E-state index in [9.17, 15) is 4.39 Å². The summed E-state index contributed by atoms with van der Waals surface area (Å²) in [6.45, 7) is 0. The zero-order valence-corrected chi connectivity index (χ0v) is 16.1. The molecule has 1 saturated carbocycles. The van der Waals surface area contributed by atoms with Crippen LogP contribution in [0, 0.1) is 5.82 Å². The van der Waals surface area contributed by atoms with Crippen LogP contribution in [-0.2, 0) is 0 Å². The summed E-state index contributed by atoms with van der Waals surface area (Å²) in [5.74, 6) is -0.431. The molecule has 0 spiro atoms. The lowest BCUT2D eigenvalue weighted by atomic mass is 10.2. The number of aromatic nitrogens is 2. The molecular formula is C15H11BrClFN4S2. The van der Waals surface area contributed by atoms with Crippen molar-refractivity contribution in [1.29, 1.82) is 0 Å². The van der Waals surface area contributed by atoms with Gasteiger partial charge < -0.3 is 10.0 Å². The Bertz CT molecular complexity index is 916. The van der Waals surface area contributed by atoms with Crippen molar-refractivity contribution in [3.63, 3.8) is 0 Å². The molecule has 0 atom stereocenters. The first-order valence-corrected chi connectivity index (χ1v) is 10.0. The van der Waals surface area contributed by atoms with Crippen LogP contribution in [-0.4, -0.2) is 14.8 Å². The summed E-state index contributed by atoms with van der Waals surface area (Å²) >= 11 is 12.4. The smallest absolute Gasteiger partial charge is 0.177 e. The average Bonchev–Trinajstić information content (AvgIpc) is 3.26. The summed E-state index contributed by atoms with van der Waals surface area (Å²) in [6, 6.07) is 7.28. The van der Waals surface area contributed by atoms with Crippen molar-refractivity contribution in [3.05, 3.63) is 39.6 Å². The molecule has 3 aromatic rings. The van der Waals surface area contributed by atoms with Crippen molar-refractivity contribution < 1.29 is 4.39 Å². The lowest BCUT2D eigenvalue weighted by molar-refractivity contribution is 0.640. The minimum Gasteiger partial charge on any atom is -0.350 e. The van der Waals surface area contributed by atoms with Crippen LogP contribution in [0.25, 0.3) is 10.2 Å². The molecule has 1 aliphatic rings. The Morgan fingerprint density at radius 3 is 2.88 bits per heavy atom. The summed E-state index contributed by atoms with van der Waals surface area (Å²) in [5.41, 5.74) is 1.88. The Labute approximate surface area is 159 Å². The fourth-order valence-electron chi connectivity index (χ4n) is 2.15. The van der Waals surface area contributed by atoms with Crippen molar-refractivity contribution in [2.24, 2.45) is 0 Å². The predicted octanol–water partition coefficient (Wildman–Crippen LogP) is 6.21. The van der Waals surface area contributed by atoms with Gasteiger partial charge >= 0.3 is 0 Å². The van der Waals surface area contributed by atoms with E-state index in [2.05, 4.69) is 35.6 Å². The van der Waals surface area contributed by atoms with Crippen molar-refractivity contribution in [2.45, 2.75) is 18.1 Å². The molecule has 2 N–H and O–H groups in total. The predicted molar refractivity (Wildman–Crippen MR) is 104 cm³/mol. The van der Waals surface area contributed by atoms with Crippen LogP contribution in [0.1, 0.15) is 12.8 Å². The second-order valence-corrected chi connectivity index (χ2v) is 8.62. The zero-order chi connectivity index (χ0) is 16.7. The maximum absolute atomic E-state index is 14.9. The molecule has 2 aromatic carbocycles. The third kappa shape index (κ3) is 3.33. The molecule has 9 heteroatoms. The van der Waals surface area contributed by atoms with E-state index in [0.717, 1.165) is 4.47 Å². The fraction of sp³-hybridized carbons (Fsp3) is 0.200. The van der Waals surface area contributed by atoms with Crippen molar-refractivity contribution in [2.75, 3.05) is 10.0 Å². The SMILES string of the molecule is Fc1c(Nc2ccc(Br)cc2Cl)c(NSC2CC2)cc2snnc12. The summed E-state index contributed by atoms with van der Waals surface area (Å²) in [4.78, 5) is 0. The van der Waals surface area contributed by atoms with E-state index in [0.29, 0.717) is 32.0 Å². The minimum atomic E-state index is -0.431. The number of nitrogens with zero attached hydrogens (tertiary/aromatic N) is 2. The highest BCUT2D eigenvalue weighted by Gasteiger charge is 2.24. The number of hydrogen-bond donors (Lipinski definition) is 2. The summed E-state index contributed by atoms with van der Waals surface area (Å²) < 4.78 is 23.6. The highest BCUT2D eigenvalue weighted by atomic mass is 79.9. The summed E-state index contributed by atoms with van der Waals surface area (Å²) in [5, 5.41) is 8.07. The Balaban J connectivity index is 1.75. The number of anilines is 3. The van der Waals surface area contributed by atoms with Gasteiger partial charge in [0.2, 0.25) is 0 Å². The monoisotopic (exact) mass is 444 g/mol. The van der Waals surface area contributed by atoms with Gasteiger partial charge in [-0.15, -0.1) is 5.10 Å². The molecule has 1 heterocycles. The third-order valence-corrected chi connectivity index (χ3v) is 6.16. The number of nitrogens with one attached hydrogen (secondary N) is 2. The van der Waals surface area contributed by atoms with Gasteiger partial charge in [-0.3, -0.25) is 0 Å². The van der Waals surface area contributed by atoms with Crippen LogP contribution >= 0.6 is 51.0 Å². The molecular weight excluding hydrogens is 435 g/mol. The van der Waals surface area contributed by atoms with E-state index in [-0.39, 0.29) is 5.52 Å². The van der Waals surface area contributed by atoms with Gasteiger partial charge in [-0.2, -0.15) is 0 Å². The van der Waals surface area contributed by atoms with Crippen molar-refractivity contribution in [3.8, 4) is 0 Å². The van der Waals surface area contributed by atoms with Crippen LogP contribution in [0.5, 0.6) is 0 Å². The lowest BCUT2D eigenvalue weighted by Crippen LogP contribution is -2.01. The normalized spacial score (nSPS) is 14.1. The summed E-state index contributed by atoms with van der Waals surface area (Å²) in [7, 11) is 0. The van der Waals surface area contributed by atoms with E-state index in [1.165, 1.54) is 24.4 Å². The highest BCUT2D eigenvalue weighted by molar-refractivity contribution is 9.10. The number of fused-ring (bicyclic) bond motifs is 1. The van der Waals surface area contributed by atoms with Gasteiger partial charge in [-0.25, -0.2) is 4.39 Å². The Morgan fingerprint density at radius 1 is 1.29 bits per heavy atom. The largest absolute Gasteiger partial charge is 0.350 e. The molecule has 124 valence electrons. The quantitative estimate of drug-likeness (QED) is 0.457. The fourth-order valence-corrected chi connectivity index (χ4v) is 4.29. The van der Waals surface area contributed by atoms with Gasteiger partial charge in [0.1, 0.15) is 11.2 Å². The molecule has 1 aliphatic carbocycles. The first-order valence-electron chi connectivity index (χ1n) is 7.20. The molecule has 0 saturated heterocycles. The van der Waals surface area contributed by atoms with Crippen LogP contribution in [0.3, 0.4) is 0 Å². The van der Waals surface area contributed by atoms with E-state index in [4.69, 9.17) is 11.6 Å². The number of rotatable bonds is 5. The second kappa shape index (κ2) is 6.67. The van der Waals surface area contributed by atoms with Gasteiger partial charge in [-0.1, -0.05) is 32.0 Å². The Hall–Kier alpha value is -1.09. The van der Waals surface area contributed by atoms with Crippen LogP contribution in [0.15, 0.2) is 28.7 Å². The van der Waals surface area contributed by atoms with Crippen molar-refractivity contribution >= 4 is 78.3 Å². The minimum absolute atomic E-state index is 0.262. The number of benzene rings is 2. The Kier molecular flexibility index (Phi) is 4.55. The number of hydrogen-bond acceptors (Lipinski definition) is 6. The van der Waals surface area contributed by atoms with Gasteiger partial charge in [0.05, 0.1) is 21.1 Å². The molecule has 1 aromatic heterocycles. The number of halogens is 3. The first kappa shape index (κ1) is 16.4. The highest BCUT2D eigenvalue weighted by Crippen LogP contribution is 2.41.